The number of likely N-dealkylation sites (tertiary alicyclic amines) is 1. The van der Waals surface area contributed by atoms with E-state index in [-0.39, 0.29) is 18.5 Å². The molecule has 2 rings (SSSR count). The predicted molar refractivity (Wildman–Crippen MR) is 132 cm³/mol. The Morgan fingerprint density at radius 3 is 1.69 bits per heavy atom. The van der Waals surface area contributed by atoms with Crippen molar-refractivity contribution in [3.8, 4) is 0 Å². The average molecular weight is 475 g/mol. The molecule has 0 unspecified atom stereocenters. The number of ketones is 2. The largest absolute Gasteiger partial charge is 0.444 e. The Bertz CT molecular complexity index is 549. The molecule has 2 heterocycles. The minimum atomic E-state index is -0.439. The summed E-state index contributed by atoms with van der Waals surface area (Å²) in [5.74, 6) is 1.94. The number of nitrogens with zero attached hydrogens (tertiary/aromatic N) is 1. The van der Waals surface area contributed by atoms with Crippen LogP contribution in [0.1, 0.15) is 98.8 Å². The minimum absolute atomic E-state index is 0. The van der Waals surface area contributed by atoms with Gasteiger partial charge in [-0.25, -0.2) is 4.79 Å². The second-order valence-corrected chi connectivity index (χ2v) is 10.1. The lowest BCUT2D eigenvalue weighted by molar-refractivity contribution is -0.121. The Labute approximate surface area is 202 Å². The Morgan fingerprint density at radius 2 is 1.28 bits per heavy atom. The van der Waals surface area contributed by atoms with Crippen molar-refractivity contribution < 1.29 is 19.1 Å². The van der Waals surface area contributed by atoms with Gasteiger partial charge in [0.2, 0.25) is 0 Å². The van der Waals surface area contributed by atoms with E-state index in [9.17, 15) is 14.4 Å². The van der Waals surface area contributed by atoms with Crippen LogP contribution in [-0.4, -0.2) is 54.3 Å². The summed E-state index contributed by atoms with van der Waals surface area (Å²) >= 11 is 0. The summed E-state index contributed by atoms with van der Waals surface area (Å²) in [4.78, 5) is 36.5. The van der Waals surface area contributed by atoms with E-state index in [1.165, 1.54) is 12.8 Å². The number of rotatable bonds is 8. The molecule has 0 aliphatic carbocycles. The van der Waals surface area contributed by atoms with E-state index in [1.807, 2.05) is 27.7 Å². The highest BCUT2D eigenvalue weighted by molar-refractivity contribution is 5.85. The lowest BCUT2D eigenvalue weighted by Gasteiger charge is -2.33. The van der Waals surface area contributed by atoms with Crippen LogP contribution in [0.3, 0.4) is 0 Å². The van der Waals surface area contributed by atoms with Crippen molar-refractivity contribution in [3.63, 3.8) is 0 Å². The van der Waals surface area contributed by atoms with Crippen LogP contribution in [0.25, 0.3) is 0 Å². The first-order valence-electron chi connectivity index (χ1n) is 12.4. The molecule has 1 amide bonds. The van der Waals surface area contributed by atoms with Crippen LogP contribution in [-0.2, 0) is 14.3 Å². The van der Waals surface area contributed by atoms with E-state index in [1.54, 1.807) is 4.90 Å². The summed E-state index contributed by atoms with van der Waals surface area (Å²) in [7, 11) is 0. The normalized spacial score (nSPS) is 17.6. The van der Waals surface area contributed by atoms with Gasteiger partial charge in [-0.05, 0) is 84.2 Å². The number of hydrogen-bond donors (Lipinski definition) is 1. The average Bonchev–Trinajstić information content (AvgIpc) is 2.69. The van der Waals surface area contributed by atoms with Gasteiger partial charge in [-0.2, -0.15) is 0 Å². The van der Waals surface area contributed by atoms with E-state index in [0.717, 1.165) is 51.6 Å². The highest BCUT2D eigenvalue weighted by atomic mass is 35.5. The number of piperidine rings is 2. The molecule has 32 heavy (non-hydrogen) atoms. The van der Waals surface area contributed by atoms with Gasteiger partial charge in [0.05, 0.1) is 0 Å². The van der Waals surface area contributed by atoms with Crippen molar-refractivity contribution in [2.75, 3.05) is 26.2 Å². The number of carbonyl (C=O) groups is 3. The molecule has 6 nitrogen and oxygen atoms in total. The molecule has 1 N–H and O–H groups in total. The third-order valence-electron chi connectivity index (χ3n) is 5.82. The van der Waals surface area contributed by atoms with E-state index in [4.69, 9.17) is 4.74 Å². The Kier molecular flexibility index (Phi) is 15.9. The van der Waals surface area contributed by atoms with E-state index in [0.29, 0.717) is 49.3 Å². The Morgan fingerprint density at radius 1 is 0.844 bits per heavy atom. The van der Waals surface area contributed by atoms with Gasteiger partial charge in [0.25, 0.3) is 0 Å². The molecule has 2 aliphatic heterocycles. The first kappa shape index (κ1) is 30.9. The molecule has 0 bridgehead atoms. The molecule has 188 valence electrons. The summed E-state index contributed by atoms with van der Waals surface area (Å²) in [6.07, 6.45) is 8.88. The summed E-state index contributed by atoms with van der Waals surface area (Å²) < 4.78 is 5.35. The zero-order chi connectivity index (χ0) is 23.3. The van der Waals surface area contributed by atoms with Crippen molar-refractivity contribution >= 4 is 30.1 Å². The summed E-state index contributed by atoms with van der Waals surface area (Å²) in [5, 5.41) is 3.31. The molecule has 0 aromatic carbocycles. The minimum Gasteiger partial charge on any atom is -0.444 e. The predicted octanol–water partition coefficient (Wildman–Crippen LogP) is 5.56. The second-order valence-electron chi connectivity index (χ2n) is 10.1. The van der Waals surface area contributed by atoms with Crippen molar-refractivity contribution in [2.24, 2.45) is 11.8 Å². The van der Waals surface area contributed by atoms with Gasteiger partial charge in [-0.15, -0.1) is 12.4 Å². The molecule has 7 heteroatoms. The zero-order valence-electron chi connectivity index (χ0n) is 21.0. The van der Waals surface area contributed by atoms with Gasteiger partial charge in [0, 0.05) is 38.8 Å². The first-order valence-corrected chi connectivity index (χ1v) is 12.4. The zero-order valence-corrected chi connectivity index (χ0v) is 21.9. The number of halogens is 1. The fourth-order valence-corrected chi connectivity index (χ4v) is 4.14. The standard InChI is InChI=1S/C15H27NO3.C10H19NO.ClH/c1-5-6-13(17)11-12-7-9-16(10-8-12)14(18)19-15(2,3)4;1-2-3-10(12)8-9-4-6-11-7-5-9;/h12H,5-11H2,1-4H3;9,11H,2-8H2,1H3;1H. The molecule has 0 radical (unpaired) electrons. The van der Waals surface area contributed by atoms with Crippen LogP contribution >= 0.6 is 12.4 Å². The molecule has 2 aliphatic rings. The SMILES string of the molecule is CCCC(=O)CC1CCN(C(=O)OC(C)(C)C)CC1.CCCC(=O)CC1CCNCC1.Cl. The van der Waals surface area contributed by atoms with Crippen molar-refractivity contribution in [2.45, 2.75) is 104 Å². The van der Waals surface area contributed by atoms with Crippen LogP contribution in [0.15, 0.2) is 0 Å². The number of nitrogens with one attached hydrogen (secondary N) is 1. The first-order chi connectivity index (χ1) is 14.6. The van der Waals surface area contributed by atoms with Gasteiger partial charge in [0.1, 0.15) is 17.2 Å². The number of carbonyl (C=O) groups excluding carboxylic acids is 3. The van der Waals surface area contributed by atoms with Crippen LogP contribution in [0, 0.1) is 11.8 Å². The lowest BCUT2D eigenvalue weighted by atomic mass is 9.91. The van der Waals surface area contributed by atoms with E-state index >= 15 is 0 Å². The Hall–Kier alpha value is -1.14. The molecular weight excluding hydrogens is 428 g/mol. The monoisotopic (exact) mass is 474 g/mol. The van der Waals surface area contributed by atoms with Gasteiger partial charge >= 0.3 is 6.09 Å². The van der Waals surface area contributed by atoms with Gasteiger partial charge in [-0.1, -0.05) is 13.8 Å². The maximum atomic E-state index is 11.9. The quantitative estimate of drug-likeness (QED) is 0.498. The Balaban J connectivity index is 0.000000639. The van der Waals surface area contributed by atoms with Crippen LogP contribution in [0.2, 0.25) is 0 Å². The van der Waals surface area contributed by atoms with Crippen LogP contribution < -0.4 is 5.32 Å². The topological polar surface area (TPSA) is 75.7 Å². The van der Waals surface area contributed by atoms with E-state index < -0.39 is 5.60 Å². The maximum absolute atomic E-state index is 11.9. The summed E-state index contributed by atoms with van der Waals surface area (Å²) in [6, 6.07) is 0. The molecule has 0 atom stereocenters. The van der Waals surface area contributed by atoms with Crippen LogP contribution in [0.5, 0.6) is 0 Å². The molecule has 0 aromatic rings. The lowest BCUT2D eigenvalue weighted by Crippen LogP contribution is -2.42. The van der Waals surface area contributed by atoms with Gasteiger partial charge in [0.15, 0.2) is 0 Å². The van der Waals surface area contributed by atoms with Crippen molar-refractivity contribution in [1.29, 1.82) is 0 Å². The smallest absolute Gasteiger partial charge is 0.410 e. The molecular formula is C25H47ClN2O4. The maximum Gasteiger partial charge on any atom is 0.410 e. The third kappa shape index (κ3) is 14.1. The van der Waals surface area contributed by atoms with Gasteiger partial charge < -0.3 is 15.0 Å². The van der Waals surface area contributed by atoms with Crippen molar-refractivity contribution in [1.82, 2.24) is 10.2 Å². The van der Waals surface area contributed by atoms with Crippen molar-refractivity contribution in [3.05, 3.63) is 0 Å². The number of hydrogen-bond acceptors (Lipinski definition) is 5. The molecule has 0 aromatic heterocycles. The third-order valence-corrected chi connectivity index (χ3v) is 5.82. The molecule has 2 saturated heterocycles. The van der Waals surface area contributed by atoms with Gasteiger partial charge in [-0.3, -0.25) is 9.59 Å². The number of ether oxygens (including phenoxy) is 1. The summed E-state index contributed by atoms with van der Waals surface area (Å²) in [6.45, 7) is 13.3. The number of amides is 1. The second kappa shape index (κ2) is 16.5. The number of Topliss-reactive ketones (excluding diaryl/α,β-unsaturated/α-hetero) is 2. The summed E-state index contributed by atoms with van der Waals surface area (Å²) in [5.41, 5.74) is -0.439. The highest BCUT2D eigenvalue weighted by Crippen LogP contribution is 2.23. The van der Waals surface area contributed by atoms with Crippen LogP contribution in [0.4, 0.5) is 4.79 Å². The molecule has 0 saturated carbocycles. The van der Waals surface area contributed by atoms with E-state index in [2.05, 4.69) is 12.2 Å². The highest BCUT2D eigenvalue weighted by Gasteiger charge is 2.27. The fourth-order valence-electron chi connectivity index (χ4n) is 4.14. The fraction of sp³-hybridized carbons (Fsp3) is 0.880. The molecule has 0 spiro atoms. The molecule has 2 fully saturated rings.